The molecule has 0 unspecified atom stereocenters. The van der Waals surface area contributed by atoms with Crippen LogP contribution in [0.25, 0.3) is 0 Å². The van der Waals surface area contributed by atoms with E-state index in [2.05, 4.69) is 79.7 Å². The van der Waals surface area contributed by atoms with Crippen LogP contribution in [-0.2, 0) is 9.16 Å². The van der Waals surface area contributed by atoms with Crippen LogP contribution < -0.4 is 10.4 Å². The number of hydrogen-bond donors (Lipinski definition) is 0. The molecule has 0 aliphatic carbocycles. The third-order valence-electron chi connectivity index (χ3n) is 5.65. The van der Waals surface area contributed by atoms with Crippen molar-refractivity contribution in [3.63, 3.8) is 0 Å². The van der Waals surface area contributed by atoms with E-state index in [4.69, 9.17) is 9.16 Å². The average Bonchev–Trinajstić information content (AvgIpc) is 2.48. The fourth-order valence-corrected chi connectivity index (χ4v) is 10.2. The van der Waals surface area contributed by atoms with Crippen LogP contribution >= 0.6 is 0 Å². The summed E-state index contributed by atoms with van der Waals surface area (Å²) in [6.07, 6.45) is 0.141. The molecule has 0 N–H and O–H groups in total. The summed E-state index contributed by atoms with van der Waals surface area (Å²) in [7, 11) is -2.53. The lowest BCUT2D eigenvalue weighted by Gasteiger charge is -2.45. The van der Waals surface area contributed by atoms with Crippen LogP contribution in [0.15, 0.2) is 24.3 Å². The summed E-state index contributed by atoms with van der Waals surface area (Å²) in [5.74, 6) is 0. The van der Waals surface area contributed by atoms with Gasteiger partial charge in [0.15, 0.2) is 0 Å². The summed E-state index contributed by atoms with van der Waals surface area (Å²) in [6, 6.07) is 9.18. The van der Waals surface area contributed by atoms with Gasteiger partial charge in [0.25, 0.3) is 8.32 Å². The lowest BCUT2D eigenvalue weighted by atomic mass is 10.1. The molecule has 26 heavy (non-hydrogen) atoms. The van der Waals surface area contributed by atoms with Crippen molar-refractivity contribution < 1.29 is 9.16 Å². The first kappa shape index (κ1) is 19.3. The highest BCUT2D eigenvalue weighted by molar-refractivity contribution is 6.99. The second-order valence-electron chi connectivity index (χ2n) is 8.18. The van der Waals surface area contributed by atoms with Gasteiger partial charge in [-0.1, -0.05) is 35.4 Å². The molecular formula is C23H32O2Si. The van der Waals surface area contributed by atoms with Gasteiger partial charge in [0.2, 0.25) is 0 Å². The third-order valence-corrected chi connectivity index (χ3v) is 10.6. The second kappa shape index (κ2) is 6.95. The topological polar surface area (TPSA) is 18.5 Å². The molecule has 2 aromatic rings. The molecule has 2 aromatic carbocycles. The van der Waals surface area contributed by atoms with Gasteiger partial charge in [-0.15, -0.1) is 0 Å². The molecule has 1 aliphatic rings. The maximum absolute atomic E-state index is 6.88. The first-order valence-corrected chi connectivity index (χ1v) is 11.6. The molecule has 1 aliphatic heterocycles. The number of aryl methyl sites for hydroxylation is 6. The van der Waals surface area contributed by atoms with Crippen molar-refractivity contribution in [1.29, 1.82) is 0 Å². The van der Waals surface area contributed by atoms with Crippen molar-refractivity contribution in [3.05, 3.63) is 57.6 Å². The van der Waals surface area contributed by atoms with Crippen molar-refractivity contribution in [2.75, 3.05) is 6.61 Å². The Morgan fingerprint density at radius 1 is 0.731 bits per heavy atom. The van der Waals surface area contributed by atoms with Gasteiger partial charge in [0.05, 0.1) is 18.4 Å². The number of hydrogen-bond acceptors (Lipinski definition) is 2. The summed E-state index contributed by atoms with van der Waals surface area (Å²) < 4.78 is 13.3. The minimum Gasteiger partial charge on any atom is -0.403 e. The zero-order valence-corrected chi connectivity index (χ0v) is 18.5. The molecule has 0 bridgehead atoms. The number of rotatable bonds is 2. The molecule has 0 radical (unpaired) electrons. The predicted octanol–water partition coefficient (Wildman–Crippen LogP) is 3.96. The standard InChI is InChI=1S/C23H32O2Si/c1-14-9-16(3)22(17(4)10-14)26(21(8)25-20(7)13-24-26)23-18(5)11-15(2)12-19(23)6/h9-12,20-21H,13H2,1-8H3/t20-,21-/m0/s1. The lowest BCUT2D eigenvalue weighted by Crippen LogP contribution is -2.74. The van der Waals surface area contributed by atoms with E-state index in [0.717, 1.165) is 0 Å². The zero-order valence-electron chi connectivity index (χ0n) is 17.5. The Bertz CT molecular complexity index is 737. The number of benzene rings is 2. The van der Waals surface area contributed by atoms with Crippen LogP contribution in [0.4, 0.5) is 0 Å². The van der Waals surface area contributed by atoms with E-state index in [9.17, 15) is 0 Å². The van der Waals surface area contributed by atoms with Crippen molar-refractivity contribution in [2.45, 2.75) is 67.2 Å². The van der Waals surface area contributed by atoms with Crippen molar-refractivity contribution in [3.8, 4) is 0 Å². The second-order valence-corrected chi connectivity index (χ2v) is 11.8. The van der Waals surface area contributed by atoms with Gasteiger partial charge >= 0.3 is 0 Å². The Labute approximate surface area is 159 Å². The largest absolute Gasteiger partial charge is 0.403 e. The minimum atomic E-state index is -2.53. The molecule has 0 spiro atoms. The van der Waals surface area contributed by atoms with Crippen molar-refractivity contribution in [2.24, 2.45) is 0 Å². The normalized spacial score (nSPS) is 22.5. The average molecular weight is 369 g/mol. The molecule has 140 valence electrons. The SMILES string of the molecule is Cc1cc(C)c([Si]2(c3c(C)cc(C)cc3C)OC[C@H](C)O[C@@H]2C)c(C)c1. The Morgan fingerprint density at radius 3 is 1.46 bits per heavy atom. The Balaban J connectivity index is 2.37. The molecule has 0 saturated carbocycles. The van der Waals surface area contributed by atoms with E-state index in [1.54, 1.807) is 0 Å². The van der Waals surface area contributed by atoms with Crippen LogP contribution in [0, 0.1) is 41.5 Å². The van der Waals surface area contributed by atoms with Gasteiger partial charge < -0.3 is 9.16 Å². The Kier molecular flexibility index (Phi) is 5.17. The third kappa shape index (κ3) is 3.06. The molecular weight excluding hydrogens is 336 g/mol. The van der Waals surface area contributed by atoms with Gasteiger partial charge in [0, 0.05) is 0 Å². The Hall–Kier alpha value is -1.42. The van der Waals surface area contributed by atoms with E-state index in [1.807, 2.05) is 0 Å². The van der Waals surface area contributed by atoms with Crippen molar-refractivity contribution >= 4 is 18.7 Å². The van der Waals surface area contributed by atoms with Gasteiger partial charge in [-0.05, 0) is 88.0 Å². The quantitative estimate of drug-likeness (QED) is 0.747. The van der Waals surface area contributed by atoms with Crippen molar-refractivity contribution in [1.82, 2.24) is 0 Å². The fourth-order valence-electron chi connectivity index (χ4n) is 5.06. The molecule has 2 nitrogen and oxygen atoms in total. The van der Waals surface area contributed by atoms with E-state index in [1.165, 1.54) is 43.8 Å². The van der Waals surface area contributed by atoms with Crippen LogP contribution in [0.1, 0.15) is 47.2 Å². The first-order valence-electron chi connectivity index (χ1n) is 9.63. The minimum absolute atomic E-state index is 0.0754. The smallest absolute Gasteiger partial charge is 0.285 e. The molecule has 3 heteroatoms. The van der Waals surface area contributed by atoms with Gasteiger partial charge in [0.1, 0.15) is 0 Å². The maximum atomic E-state index is 6.88. The van der Waals surface area contributed by atoms with Gasteiger partial charge in [-0.25, -0.2) is 0 Å². The fraction of sp³-hybridized carbons (Fsp3) is 0.478. The molecule has 0 amide bonds. The van der Waals surface area contributed by atoms with E-state index >= 15 is 0 Å². The molecule has 3 rings (SSSR count). The molecule has 1 saturated heterocycles. The van der Waals surface area contributed by atoms with E-state index < -0.39 is 8.32 Å². The van der Waals surface area contributed by atoms with E-state index in [0.29, 0.717) is 6.61 Å². The van der Waals surface area contributed by atoms with Crippen LogP contribution in [-0.4, -0.2) is 26.8 Å². The highest BCUT2D eigenvalue weighted by atomic mass is 28.4. The molecule has 2 atom stereocenters. The lowest BCUT2D eigenvalue weighted by molar-refractivity contribution is -0.0249. The number of ether oxygens (including phenoxy) is 1. The highest BCUT2D eigenvalue weighted by Crippen LogP contribution is 2.27. The summed E-state index contributed by atoms with van der Waals surface area (Å²) in [5.41, 5.74) is 8.02. The first-order chi connectivity index (χ1) is 12.2. The Morgan fingerprint density at radius 2 is 1.12 bits per heavy atom. The van der Waals surface area contributed by atoms with Crippen LogP contribution in [0.5, 0.6) is 0 Å². The molecule has 1 fully saturated rings. The highest BCUT2D eigenvalue weighted by Gasteiger charge is 2.52. The summed E-state index contributed by atoms with van der Waals surface area (Å²) >= 11 is 0. The zero-order chi connectivity index (χ0) is 19.2. The monoisotopic (exact) mass is 368 g/mol. The predicted molar refractivity (Wildman–Crippen MR) is 112 cm³/mol. The summed E-state index contributed by atoms with van der Waals surface area (Å²) in [4.78, 5) is 0. The maximum Gasteiger partial charge on any atom is 0.285 e. The van der Waals surface area contributed by atoms with Gasteiger partial charge in [-0.3, -0.25) is 0 Å². The van der Waals surface area contributed by atoms with E-state index in [-0.39, 0.29) is 11.8 Å². The van der Waals surface area contributed by atoms with Crippen LogP contribution in [0.2, 0.25) is 0 Å². The van der Waals surface area contributed by atoms with Crippen LogP contribution in [0.3, 0.4) is 0 Å². The van der Waals surface area contributed by atoms with Gasteiger partial charge in [-0.2, -0.15) is 0 Å². The summed E-state index contributed by atoms with van der Waals surface area (Å²) in [5, 5.41) is 2.80. The summed E-state index contributed by atoms with van der Waals surface area (Å²) in [6.45, 7) is 18.3. The molecule has 0 aromatic heterocycles. The molecule has 1 heterocycles.